The van der Waals surface area contributed by atoms with Crippen LogP contribution < -0.4 is 16.2 Å². The van der Waals surface area contributed by atoms with Crippen molar-refractivity contribution in [2.75, 3.05) is 31.6 Å². The molecule has 2 heterocycles. The Morgan fingerprint density at radius 2 is 1.86 bits per heavy atom. The molecule has 0 spiro atoms. The molecule has 1 amide bonds. The molecule has 0 bridgehead atoms. The second-order valence-corrected chi connectivity index (χ2v) is 10.8. The van der Waals surface area contributed by atoms with Gasteiger partial charge in [0.1, 0.15) is 0 Å². The van der Waals surface area contributed by atoms with E-state index in [1.54, 1.807) is 6.07 Å². The number of amides is 1. The van der Waals surface area contributed by atoms with Gasteiger partial charge in [0.05, 0.1) is 13.2 Å². The lowest BCUT2D eigenvalue weighted by Gasteiger charge is -2.45. The molecule has 196 valence electrons. The van der Waals surface area contributed by atoms with Crippen molar-refractivity contribution in [3.63, 3.8) is 0 Å². The lowest BCUT2D eigenvalue weighted by Crippen LogP contribution is -2.50. The van der Waals surface area contributed by atoms with Crippen LogP contribution in [0.15, 0.2) is 23.0 Å². The number of morpholine rings is 1. The van der Waals surface area contributed by atoms with Gasteiger partial charge in [0.15, 0.2) is 0 Å². The highest BCUT2D eigenvalue weighted by Crippen LogP contribution is 2.38. The number of halogens is 1. The van der Waals surface area contributed by atoms with Crippen molar-refractivity contribution in [3.8, 4) is 0 Å². The molecule has 1 aromatic carbocycles. The average molecular weight is 515 g/mol. The minimum absolute atomic E-state index is 0.0156. The molecular formula is C28H39ClN4O3. The number of aromatic amines is 1. The first-order valence-electron chi connectivity index (χ1n) is 13.1. The molecule has 1 saturated heterocycles. The second-order valence-electron chi connectivity index (χ2n) is 10.4. The molecule has 0 unspecified atom stereocenters. The first-order valence-corrected chi connectivity index (χ1v) is 13.5. The summed E-state index contributed by atoms with van der Waals surface area (Å²) in [5, 5.41) is 7.25. The quantitative estimate of drug-likeness (QED) is 0.497. The number of ether oxygens (including phenoxy) is 1. The molecule has 4 rings (SSSR count). The zero-order valence-corrected chi connectivity index (χ0v) is 22.7. The maximum Gasteiger partial charge on any atom is 0.253 e. The van der Waals surface area contributed by atoms with Crippen molar-refractivity contribution in [1.29, 1.82) is 0 Å². The summed E-state index contributed by atoms with van der Waals surface area (Å²) in [6.45, 7) is 11.8. The van der Waals surface area contributed by atoms with Gasteiger partial charge in [-0.2, -0.15) is 0 Å². The number of carbonyl (C=O) groups is 1. The number of pyridine rings is 1. The molecule has 1 aliphatic carbocycles. The van der Waals surface area contributed by atoms with E-state index in [-0.39, 0.29) is 23.6 Å². The van der Waals surface area contributed by atoms with E-state index in [0.29, 0.717) is 22.2 Å². The number of nitrogens with zero attached hydrogens (tertiary/aromatic N) is 1. The summed E-state index contributed by atoms with van der Waals surface area (Å²) in [6.07, 6.45) is 5.46. The Labute approximate surface area is 218 Å². The van der Waals surface area contributed by atoms with Gasteiger partial charge in [-0.25, -0.2) is 0 Å². The van der Waals surface area contributed by atoms with E-state index in [1.807, 2.05) is 32.9 Å². The number of carbonyl (C=O) groups excluding carboxylic acids is 1. The molecule has 1 saturated carbocycles. The number of H-pyrrole nitrogens is 1. The third kappa shape index (κ3) is 5.96. The fraction of sp³-hybridized carbons (Fsp3) is 0.571. The van der Waals surface area contributed by atoms with Gasteiger partial charge in [-0.05, 0) is 82.2 Å². The van der Waals surface area contributed by atoms with E-state index in [2.05, 4.69) is 27.4 Å². The van der Waals surface area contributed by atoms with Gasteiger partial charge in [0.25, 0.3) is 11.5 Å². The first-order chi connectivity index (χ1) is 17.2. The number of hydrogen-bond donors (Lipinski definition) is 3. The Kier molecular flexibility index (Phi) is 8.43. The standard InChI is InChI=1S/C28H39ClN4O3/c1-5-28(8-6-22(7-9-28)33-10-12-36-13-11-33)32-25-16-21(29)15-23(20(25)4)26(34)30-17-24-18(2)14-19(3)31-27(24)35/h14-16,22,32H,5-13,17H2,1-4H3,(H,30,34)(H,31,35). The van der Waals surface area contributed by atoms with Crippen LogP contribution in [-0.4, -0.2) is 53.7 Å². The monoisotopic (exact) mass is 514 g/mol. The summed E-state index contributed by atoms with van der Waals surface area (Å²) < 4.78 is 5.53. The minimum Gasteiger partial charge on any atom is -0.379 e. The van der Waals surface area contributed by atoms with Crippen LogP contribution in [0.3, 0.4) is 0 Å². The number of nitrogens with one attached hydrogen (secondary N) is 3. The van der Waals surface area contributed by atoms with Gasteiger partial charge in [-0.15, -0.1) is 0 Å². The van der Waals surface area contributed by atoms with Crippen molar-refractivity contribution >= 4 is 23.2 Å². The highest BCUT2D eigenvalue weighted by Gasteiger charge is 2.36. The summed E-state index contributed by atoms with van der Waals surface area (Å²) in [5.74, 6) is -0.237. The summed E-state index contributed by atoms with van der Waals surface area (Å²) in [5.41, 5.74) is 4.34. The molecule has 8 heteroatoms. The number of hydrogen-bond acceptors (Lipinski definition) is 5. The molecular weight excluding hydrogens is 476 g/mol. The SMILES string of the molecule is CCC1(Nc2cc(Cl)cc(C(=O)NCc3c(C)cc(C)[nH]c3=O)c2C)CCC(N2CCOCC2)CC1. The number of rotatable bonds is 7. The van der Waals surface area contributed by atoms with Crippen LogP contribution in [0.5, 0.6) is 0 Å². The molecule has 1 aromatic heterocycles. The zero-order valence-electron chi connectivity index (χ0n) is 21.9. The van der Waals surface area contributed by atoms with Crippen LogP contribution in [0.1, 0.15) is 71.8 Å². The number of anilines is 1. The lowest BCUT2D eigenvalue weighted by atomic mass is 9.76. The van der Waals surface area contributed by atoms with E-state index in [1.165, 1.54) is 0 Å². The Morgan fingerprint density at radius 3 is 2.50 bits per heavy atom. The Hall–Kier alpha value is -2.35. The van der Waals surface area contributed by atoms with E-state index in [4.69, 9.17) is 16.3 Å². The predicted octanol–water partition coefficient (Wildman–Crippen LogP) is 4.72. The van der Waals surface area contributed by atoms with Crippen molar-refractivity contribution in [1.82, 2.24) is 15.2 Å². The maximum atomic E-state index is 13.2. The van der Waals surface area contributed by atoms with Crippen molar-refractivity contribution < 1.29 is 9.53 Å². The van der Waals surface area contributed by atoms with Crippen LogP contribution in [0.2, 0.25) is 5.02 Å². The molecule has 1 aliphatic heterocycles. The van der Waals surface area contributed by atoms with Gasteiger partial charge in [-0.1, -0.05) is 18.5 Å². The normalized spacial score (nSPS) is 22.9. The van der Waals surface area contributed by atoms with Crippen LogP contribution in [-0.2, 0) is 11.3 Å². The summed E-state index contributed by atoms with van der Waals surface area (Å²) in [4.78, 5) is 30.9. The van der Waals surface area contributed by atoms with E-state index < -0.39 is 0 Å². The molecule has 3 N–H and O–H groups in total. The van der Waals surface area contributed by atoms with Gasteiger partial charge in [0, 0.05) is 58.7 Å². The van der Waals surface area contributed by atoms with Crippen molar-refractivity contribution in [2.45, 2.75) is 77.9 Å². The minimum atomic E-state index is -0.237. The van der Waals surface area contributed by atoms with Crippen LogP contribution in [0.4, 0.5) is 5.69 Å². The summed E-state index contributed by atoms with van der Waals surface area (Å²) in [7, 11) is 0. The third-order valence-electron chi connectivity index (χ3n) is 8.09. The van der Waals surface area contributed by atoms with Gasteiger partial charge in [-0.3, -0.25) is 14.5 Å². The fourth-order valence-electron chi connectivity index (χ4n) is 5.73. The highest BCUT2D eigenvalue weighted by molar-refractivity contribution is 6.31. The van der Waals surface area contributed by atoms with Gasteiger partial charge >= 0.3 is 0 Å². The van der Waals surface area contributed by atoms with Crippen LogP contribution in [0.25, 0.3) is 0 Å². The molecule has 36 heavy (non-hydrogen) atoms. The molecule has 2 aliphatic rings. The third-order valence-corrected chi connectivity index (χ3v) is 8.31. The molecule has 2 aromatic rings. The number of aryl methyl sites for hydroxylation is 2. The smallest absolute Gasteiger partial charge is 0.253 e. The van der Waals surface area contributed by atoms with E-state index >= 15 is 0 Å². The van der Waals surface area contributed by atoms with E-state index in [9.17, 15) is 9.59 Å². The largest absolute Gasteiger partial charge is 0.379 e. The second kappa shape index (κ2) is 11.4. The predicted molar refractivity (Wildman–Crippen MR) is 145 cm³/mol. The van der Waals surface area contributed by atoms with E-state index in [0.717, 1.165) is 80.9 Å². The topological polar surface area (TPSA) is 86.5 Å². The van der Waals surface area contributed by atoms with Crippen LogP contribution in [0, 0.1) is 20.8 Å². The van der Waals surface area contributed by atoms with Crippen LogP contribution >= 0.6 is 11.6 Å². The molecule has 2 fully saturated rings. The highest BCUT2D eigenvalue weighted by atomic mass is 35.5. The zero-order chi connectivity index (χ0) is 25.9. The number of aromatic nitrogens is 1. The molecule has 0 atom stereocenters. The average Bonchev–Trinajstić information content (AvgIpc) is 2.86. The molecule has 0 radical (unpaired) electrons. The van der Waals surface area contributed by atoms with Crippen molar-refractivity contribution in [3.05, 3.63) is 61.5 Å². The summed E-state index contributed by atoms with van der Waals surface area (Å²) >= 11 is 6.49. The Morgan fingerprint density at radius 1 is 1.17 bits per heavy atom. The first kappa shape index (κ1) is 26.7. The Balaban J connectivity index is 1.47. The van der Waals surface area contributed by atoms with Gasteiger partial charge < -0.3 is 20.4 Å². The molecule has 7 nitrogen and oxygen atoms in total. The fourth-order valence-corrected chi connectivity index (χ4v) is 5.94. The van der Waals surface area contributed by atoms with Gasteiger partial charge in [0.2, 0.25) is 0 Å². The maximum absolute atomic E-state index is 13.2. The number of benzene rings is 1. The lowest BCUT2D eigenvalue weighted by molar-refractivity contribution is 0.00402. The Bertz CT molecular complexity index is 1150. The van der Waals surface area contributed by atoms with Crippen molar-refractivity contribution in [2.24, 2.45) is 0 Å². The summed E-state index contributed by atoms with van der Waals surface area (Å²) in [6, 6.07) is 6.16.